The predicted octanol–water partition coefficient (Wildman–Crippen LogP) is 2.60. The summed E-state index contributed by atoms with van der Waals surface area (Å²) in [4.78, 5) is 12.5. The highest BCUT2D eigenvalue weighted by molar-refractivity contribution is 5.62. The van der Waals surface area contributed by atoms with Crippen LogP contribution in [0.5, 0.6) is 0 Å². The molecule has 0 saturated carbocycles. The first kappa shape index (κ1) is 12.8. The van der Waals surface area contributed by atoms with Crippen molar-refractivity contribution in [1.29, 1.82) is 0 Å². The quantitative estimate of drug-likeness (QED) is 0.609. The average molecular weight is 250 g/mol. The number of para-hydroxylation sites is 2. The molecule has 1 fully saturated rings. The molecule has 1 atom stereocenters. The number of likely N-dealkylation sites (N-methyl/N-ethyl adjacent to an activating group) is 1. The Kier molecular flexibility index (Phi) is 4.15. The number of nitro benzene ring substituents is 1. The minimum Gasteiger partial charge on any atom is -0.376 e. The fourth-order valence-electron chi connectivity index (χ4n) is 2.30. The Labute approximate surface area is 107 Å². The molecule has 1 aliphatic heterocycles. The monoisotopic (exact) mass is 250 g/mol. The van der Waals surface area contributed by atoms with E-state index in [2.05, 4.69) is 0 Å². The number of hydrogen-bond donors (Lipinski definition) is 0. The Hall–Kier alpha value is -1.62. The Bertz CT molecular complexity index is 416. The normalized spacial score (nSPS) is 19.5. The maximum Gasteiger partial charge on any atom is 0.292 e. The van der Waals surface area contributed by atoms with Crippen LogP contribution < -0.4 is 4.90 Å². The summed E-state index contributed by atoms with van der Waals surface area (Å²) in [5.41, 5.74) is 0.799. The molecule has 5 nitrogen and oxygen atoms in total. The first-order chi connectivity index (χ1) is 8.68. The second-order valence-electron chi connectivity index (χ2n) is 4.61. The third kappa shape index (κ3) is 2.98. The van der Waals surface area contributed by atoms with Crippen LogP contribution in [0, 0.1) is 10.1 Å². The zero-order valence-electron chi connectivity index (χ0n) is 10.5. The van der Waals surface area contributed by atoms with Gasteiger partial charge < -0.3 is 9.64 Å². The molecule has 1 unspecified atom stereocenters. The van der Waals surface area contributed by atoms with E-state index in [0.29, 0.717) is 12.2 Å². The number of anilines is 1. The van der Waals surface area contributed by atoms with E-state index >= 15 is 0 Å². The lowest BCUT2D eigenvalue weighted by molar-refractivity contribution is -0.384. The van der Waals surface area contributed by atoms with Gasteiger partial charge in [-0.05, 0) is 25.3 Å². The van der Waals surface area contributed by atoms with Crippen LogP contribution in [0.1, 0.15) is 19.3 Å². The van der Waals surface area contributed by atoms with E-state index in [4.69, 9.17) is 4.74 Å². The molecule has 0 amide bonds. The first-order valence-electron chi connectivity index (χ1n) is 6.24. The van der Waals surface area contributed by atoms with Gasteiger partial charge in [-0.15, -0.1) is 0 Å². The largest absolute Gasteiger partial charge is 0.376 e. The van der Waals surface area contributed by atoms with E-state index in [9.17, 15) is 10.1 Å². The van der Waals surface area contributed by atoms with Crippen molar-refractivity contribution in [2.24, 2.45) is 0 Å². The SMILES string of the molecule is CN(CC1CCCCO1)c1ccccc1[N+](=O)[O-]. The summed E-state index contributed by atoms with van der Waals surface area (Å²) < 4.78 is 5.66. The number of ether oxygens (including phenoxy) is 1. The fraction of sp³-hybridized carbons (Fsp3) is 0.538. The molecule has 1 aromatic rings. The van der Waals surface area contributed by atoms with Crippen molar-refractivity contribution in [3.05, 3.63) is 34.4 Å². The highest BCUT2D eigenvalue weighted by Crippen LogP contribution is 2.27. The van der Waals surface area contributed by atoms with Gasteiger partial charge in [0.15, 0.2) is 0 Å². The van der Waals surface area contributed by atoms with Crippen molar-refractivity contribution in [3.8, 4) is 0 Å². The number of nitro groups is 1. The van der Waals surface area contributed by atoms with Crippen LogP contribution in [-0.2, 0) is 4.74 Å². The van der Waals surface area contributed by atoms with E-state index in [1.807, 2.05) is 18.0 Å². The molecule has 0 aromatic heterocycles. The highest BCUT2D eigenvalue weighted by Gasteiger charge is 2.20. The number of nitrogens with zero attached hydrogens (tertiary/aromatic N) is 2. The molecule has 0 spiro atoms. The molecule has 5 heteroatoms. The molecule has 1 aromatic carbocycles. The Balaban J connectivity index is 2.08. The molecular formula is C13H18N2O3. The van der Waals surface area contributed by atoms with Gasteiger partial charge in [-0.1, -0.05) is 12.1 Å². The molecule has 98 valence electrons. The van der Waals surface area contributed by atoms with Gasteiger partial charge in [0.1, 0.15) is 5.69 Å². The van der Waals surface area contributed by atoms with Gasteiger partial charge in [-0.25, -0.2) is 0 Å². The zero-order valence-corrected chi connectivity index (χ0v) is 10.5. The van der Waals surface area contributed by atoms with E-state index in [0.717, 1.165) is 19.4 Å². The minimum absolute atomic E-state index is 0.149. The van der Waals surface area contributed by atoms with Crippen LogP contribution in [0.3, 0.4) is 0 Å². The van der Waals surface area contributed by atoms with Crippen LogP contribution in [0.2, 0.25) is 0 Å². The zero-order chi connectivity index (χ0) is 13.0. The topological polar surface area (TPSA) is 55.6 Å². The molecule has 18 heavy (non-hydrogen) atoms. The third-order valence-electron chi connectivity index (χ3n) is 3.24. The maximum absolute atomic E-state index is 11.0. The van der Waals surface area contributed by atoms with Gasteiger partial charge in [-0.3, -0.25) is 10.1 Å². The summed E-state index contributed by atoms with van der Waals surface area (Å²) in [5.74, 6) is 0. The molecule has 0 bridgehead atoms. The van der Waals surface area contributed by atoms with Crippen molar-refractivity contribution in [2.45, 2.75) is 25.4 Å². The number of rotatable bonds is 4. The van der Waals surface area contributed by atoms with Gasteiger partial charge in [0, 0.05) is 26.3 Å². The van der Waals surface area contributed by atoms with Crippen molar-refractivity contribution >= 4 is 11.4 Å². The third-order valence-corrected chi connectivity index (χ3v) is 3.24. The summed E-state index contributed by atoms with van der Waals surface area (Å²) in [6, 6.07) is 6.82. The molecular weight excluding hydrogens is 232 g/mol. The Morgan fingerprint density at radius 2 is 2.22 bits per heavy atom. The molecule has 0 radical (unpaired) electrons. The lowest BCUT2D eigenvalue weighted by Crippen LogP contribution is -2.33. The van der Waals surface area contributed by atoms with Gasteiger partial charge in [0.2, 0.25) is 0 Å². The molecule has 1 aliphatic rings. The molecule has 2 rings (SSSR count). The second kappa shape index (κ2) is 5.82. The summed E-state index contributed by atoms with van der Waals surface area (Å²) in [5, 5.41) is 11.0. The van der Waals surface area contributed by atoms with Crippen molar-refractivity contribution in [2.75, 3.05) is 25.1 Å². The summed E-state index contributed by atoms with van der Waals surface area (Å²) in [7, 11) is 1.88. The number of benzene rings is 1. The second-order valence-corrected chi connectivity index (χ2v) is 4.61. The van der Waals surface area contributed by atoms with E-state index < -0.39 is 0 Å². The van der Waals surface area contributed by atoms with Crippen molar-refractivity contribution < 1.29 is 9.66 Å². The number of hydrogen-bond acceptors (Lipinski definition) is 4. The Morgan fingerprint density at radius 3 is 2.89 bits per heavy atom. The van der Waals surface area contributed by atoms with Gasteiger partial charge >= 0.3 is 0 Å². The van der Waals surface area contributed by atoms with Crippen LogP contribution in [0.4, 0.5) is 11.4 Å². The van der Waals surface area contributed by atoms with Crippen LogP contribution in [-0.4, -0.2) is 31.2 Å². The van der Waals surface area contributed by atoms with Gasteiger partial charge in [-0.2, -0.15) is 0 Å². The standard InChI is InChI=1S/C13H18N2O3/c1-14(10-11-6-4-5-9-18-11)12-7-2-3-8-13(12)15(16)17/h2-3,7-8,11H,4-6,9-10H2,1H3. The van der Waals surface area contributed by atoms with E-state index in [1.54, 1.807) is 12.1 Å². The summed E-state index contributed by atoms with van der Waals surface area (Å²) >= 11 is 0. The van der Waals surface area contributed by atoms with Crippen LogP contribution >= 0.6 is 0 Å². The molecule has 1 heterocycles. The average Bonchev–Trinajstić information content (AvgIpc) is 2.40. The van der Waals surface area contributed by atoms with E-state index in [1.165, 1.54) is 12.5 Å². The first-order valence-corrected chi connectivity index (χ1v) is 6.24. The molecule has 0 N–H and O–H groups in total. The molecule has 0 aliphatic carbocycles. The predicted molar refractivity (Wildman–Crippen MR) is 70.0 cm³/mol. The minimum atomic E-state index is -0.340. The van der Waals surface area contributed by atoms with Gasteiger partial charge in [0.05, 0.1) is 11.0 Å². The van der Waals surface area contributed by atoms with Gasteiger partial charge in [0.25, 0.3) is 5.69 Å². The maximum atomic E-state index is 11.0. The van der Waals surface area contributed by atoms with Crippen molar-refractivity contribution in [1.82, 2.24) is 0 Å². The molecule has 1 saturated heterocycles. The van der Waals surface area contributed by atoms with Crippen LogP contribution in [0.15, 0.2) is 24.3 Å². The summed E-state index contributed by atoms with van der Waals surface area (Å²) in [6.45, 7) is 1.50. The Morgan fingerprint density at radius 1 is 1.44 bits per heavy atom. The van der Waals surface area contributed by atoms with Crippen molar-refractivity contribution in [3.63, 3.8) is 0 Å². The lowest BCUT2D eigenvalue weighted by atomic mass is 10.1. The lowest BCUT2D eigenvalue weighted by Gasteiger charge is -2.28. The van der Waals surface area contributed by atoms with Crippen LogP contribution in [0.25, 0.3) is 0 Å². The summed E-state index contributed by atoms with van der Waals surface area (Å²) in [6.07, 6.45) is 3.51. The fourth-order valence-corrected chi connectivity index (χ4v) is 2.30. The highest BCUT2D eigenvalue weighted by atomic mass is 16.6. The van der Waals surface area contributed by atoms with E-state index in [-0.39, 0.29) is 16.7 Å². The smallest absolute Gasteiger partial charge is 0.292 e.